The van der Waals surface area contributed by atoms with Gasteiger partial charge in [-0.15, -0.1) is 0 Å². The summed E-state index contributed by atoms with van der Waals surface area (Å²) < 4.78 is 16.8. The van der Waals surface area contributed by atoms with Gasteiger partial charge in [-0.1, -0.05) is 195 Å². The van der Waals surface area contributed by atoms with Gasteiger partial charge >= 0.3 is 17.9 Å². The molecule has 0 aliphatic rings. The Morgan fingerprint density at radius 1 is 0.328 bits per heavy atom. The van der Waals surface area contributed by atoms with E-state index < -0.39 is 6.10 Å². The quantitative estimate of drug-likeness (QED) is 0.0262. The fraction of sp³-hybridized carbons (Fsp3) is 0.672. The van der Waals surface area contributed by atoms with Crippen molar-refractivity contribution in [2.75, 3.05) is 13.2 Å². The van der Waals surface area contributed by atoms with Crippen LogP contribution in [-0.2, 0) is 28.6 Å². The highest BCUT2D eigenvalue weighted by atomic mass is 16.6. The van der Waals surface area contributed by atoms with E-state index in [1.807, 2.05) is 0 Å². The number of esters is 3. The lowest BCUT2D eigenvalue weighted by atomic mass is 10.1. The van der Waals surface area contributed by atoms with E-state index >= 15 is 0 Å². The van der Waals surface area contributed by atoms with E-state index in [-0.39, 0.29) is 31.1 Å². The number of hydrogen-bond acceptors (Lipinski definition) is 6. The van der Waals surface area contributed by atoms with E-state index in [0.29, 0.717) is 19.3 Å². The lowest BCUT2D eigenvalue weighted by molar-refractivity contribution is -0.167. The Kier molecular flexibility index (Phi) is 49.0. The third kappa shape index (κ3) is 49.3. The molecule has 0 N–H and O–H groups in total. The van der Waals surface area contributed by atoms with E-state index in [0.717, 1.165) is 154 Å². The molecule has 0 fully saturated rings. The molecule has 0 saturated carbocycles. The van der Waals surface area contributed by atoms with Crippen LogP contribution in [-0.4, -0.2) is 37.2 Å². The zero-order valence-corrected chi connectivity index (χ0v) is 41.5. The van der Waals surface area contributed by atoms with Crippen molar-refractivity contribution in [2.24, 2.45) is 0 Å². The van der Waals surface area contributed by atoms with Crippen LogP contribution in [0.15, 0.2) is 97.2 Å². The number of carbonyl (C=O) groups excluding carboxylic acids is 3. The maximum absolute atomic E-state index is 12.8. The normalized spacial score (nSPS) is 12.9. The molecule has 0 heterocycles. The molecule has 0 bridgehead atoms. The Morgan fingerprint density at radius 2 is 0.641 bits per heavy atom. The molecule has 0 aromatic carbocycles. The molecule has 364 valence electrons. The summed E-state index contributed by atoms with van der Waals surface area (Å²) in [6.07, 6.45) is 68.2. The molecule has 1 atom stereocenters. The van der Waals surface area contributed by atoms with Crippen molar-refractivity contribution < 1.29 is 28.6 Å². The molecular formula is C58H96O6. The number of carbonyl (C=O) groups is 3. The van der Waals surface area contributed by atoms with Crippen molar-refractivity contribution in [1.82, 2.24) is 0 Å². The smallest absolute Gasteiger partial charge is 0.306 e. The van der Waals surface area contributed by atoms with Crippen LogP contribution in [0.1, 0.15) is 233 Å². The third-order valence-electron chi connectivity index (χ3n) is 10.8. The van der Waals surface area contributed by atoms with Gasteiger partial charge in [-0.3, -0.25) is 14.4 Å². The first kappa shape index (κ1) is 60.3. The minimum atomic E-state index is -0.796. The topological polar surface area (TPSA) is 78.9 Å². The van der Waals surface area contributed by atoms with Crippen LogP contribution in [0.5, 0.6) is 0 Å². The summed E-state index contributed by atoms with van der Waals surface area (Å²) in [4.78, 5) is 38.0. The number of unbranched alkanes of at least 4 members (excludes halogenated alkanes) is 19. The van der Waals surface area contributed by atoms with Crippen LogP contribution in [0.25, 0.3) is 0 Å². The second-order valence-electron chi connectivity index (χ2n) is 17.0. The molecule has 0 amide bonds. The molecule has 0 aliphatic heterocycles. The van der Waals surface area contributed by atoms with Gasteiger partial charge in [0.1, 0.15) is 13.2 Å². The summed E-state index contributed by atoms with van der Waals surface area (Å²) in [6, 6.07) is 0. The summed E-state index contributed by atoms with van der Waals surface area (Å²) in [5.74, 6) is -0.941. The highest BCUT2D eigenvalue weighted by Gasteiger charge is 2.19. The van der Waals surface area contributed by atoms with Gasteiger partial charge in [-0.2, -0.15) is 0 Å². The van der Waals surface area contributed by atoms with Crippen molar-refractivity contribution in [3.63, 3.8) is 0 Å². The minimum absolute atomic E-state index is 0.0950. The molecule has 6 heteroatoms. The van der Waals surface area contributed by atoms with Crippen LogP contribution in [0.2, 0.25) is 0 Å². The number of rotatable bonds is 46. The lowest BCUT2D eigenvalue weighted by Gasteiger charge is -2.18. The number of allylic oxidation sites excluding steroid dienone is 16. The van der Waals surface area contributed by atoms with Crippen LogP contribution in [0, 0.1) is 0 Å². The molecule has 1 unspecified atom stereocenters. The number of hydrogen-bond donors (Lipinski definition) is 0. The van der Waals surface area contributed by atoms with E-state index in [4.69, 9.17) is 14.2 Å². The van der Waals surface area contributed by atoms with E-state index in [1.165, 1.54) is 38.5 Å². The predicted molar refractivity (Wildman–Crippen MR) is 274 cm³/mol. The third-order valence-corrected chi connectivity index (χ3v) is 10.8. The van der Waals surface area contributed by atoms with E-state index in [9.17, 15) is 14.4 Å². The largest absolute Gasteiger partial charge is 0.462 e. The molecule has 0 spiro atoms. The lowest BCUT2D eigenvalue weighted by Crippen LogP contribution is -2.30. The van der Waals surface area contributed by atoms with Gasteiger partial charge in [0.25, 0.3) is 0 Å². The van der Waals surface area contributed by atoms with Gasteiger partial charge in [-0.05, 0) is 116 Å². The Labute approximate surface area is 394 Å². The van der Waals surface area contributed by atoms with E-state index in [1.54, 1.807) is 0 Å². The highest BCUT2D eigenvalue weighted by Crippen LogP contribution is 2.13. The van der Waals surface area contributed by atoms with Crippen LogP contribution < -0.4 is 0 Å². The van der Waals surface area contributed by atoms with Crippen LogP contribution in [0.4, 0.5) is 0 Å². The first-order chi connectivity index (χ1) is 31.5. The molecule has 0 aliphatic carbocycles. The second kappa shape index (κ2) is 52.0. The van der Waals surface area contributed by atoms with Gasteiger partial charge in [0.05, 0.1) is 0 Å². The molecule has 64 heavy (non-hydrogen) atoms. The van der Waals surface area contributed by atoms with Crippen LogP contribution >= 0.6 is 0 Å². The highest BCUT2D eigenvalue weighted by molar-refractivity contribution is 5.71. The monoisotopic (exact) mass is 889 g/mol. The summed E-state index contributed by atoms with van der Waals surface area (Å²) in [6.45, 7) is 6.39. The SMILES string of the molecule is CC/C=C\C/C=C\C/C=C\C/C=C\C/C=C\CCCCCCCC(=O)OCC(COC(=O)CCCCCCC/C=C\CCCCC)OC(=O)CCCCCCC/C=C\C/C=C\CCC. The predicted octanol–water partition coefficient (Wildman–Crippen LogP) is 17.4. The Hall–Kier alpha value is -3.67. The van der Waals surface area contributed by atoms with E-state index in [2.05, 4.69) is 118 Å². The molecular weight excluding hydrogens is 793 g/mol. The average Bonchev–Trinajstić information content (AvgIpc) is 3.29. The molecule has 0 radical (unpaired) electrons. The maximum atomic E-state index is 12.8. The van der Waals surface area contributed by atoms with Gasteiger partial charge in [0.15, 0.2) is 6.10 Å². The van der Waals surface area contributed by atoms with Gasteiger partial charge in [0, 0.05) is 19.3 Å². The first-order valence-corrected chi connectivity index (χ1v) is 26.2. The standard InChI is InChI=1S/C58H96O6/c1-4-7-10-13-16-19-22-25-26-27-28-29-30-31-32-34-36-39-42-45-48-51-57(60)63-54-55(53-62-56(59)50-47-44-41-38-35-24-21-18-15-12-9-6-3)64-58(61)52-49-46-43-40-37-33-23-20-17-14-11-8-5-2/h7,10-11,14,16,18-21,23,25-26,28-29,31-32,55H,4-6,8-9,12-13,15,17,22,24,27,30,33-54H2,1-3H3/b10-7-,14-11-,19-16-,21-18-,23-20-,26-25-,29-28-,32-31-. The second-order valence-corrected chi connectivity index (χ2v) is 17.0. The molecule has 0 saturated heterocycles. The summed E-state index contributed by atoms with van der Waals surface area (Å²) in [7, 11) is 0. The van der Waals surface area contributed by atoms with Gasteiger partial charge in [0.2, 0.25) is 0 Å². The fourth-order valence-corrected chi connectivity index (χ4v) is 6.85. The Bertz CT molecular complexity index is 1300. The zero-order valence-electron chi connectivity index (χ0n) is 41.5. The molecule has 6 nitrogen and oxygen atoms in total. The van der Waals surface area contributed by atoms with Crippen molar-refractivity contribution in [3.05, 3.63) is 97.2 Å². The molecule has 0 rings (SSSR count). The maximum Gasteiger partial charge on any atom is 0.306 e. The minimum Gasteiger partial charge on any atom is -0.462 e. The summed E-state index contributed by atoms with van der Waals surface area (Å²) >= 11 is 0. The van der Waals surface area contributed by atoms with Crippen molar-refractivity contribution in [3.8, 4) is 0 Å². The summed E-state index contributed by atoms with van der Waals surface area (Å²) in [5, 5.41) is 0. The average molecular weight is 889 g/mol. The molecule has 0 aromatic heterocycles. The summed E-state index contributed by atoms with van der Waals surface area (Å²) in [5.41, 5.74) is 0. The van der Waals surface area contributed by atoms with Gasteiger partial charge in [-0.25, -0.2) is 0 Å². The van der Waals surface area contributed by atoms with Crippen molar-refractivity contribution in [1.29, 1.82) is 0 Å². The Morgan fingerprint density at radius 3 is 1.03 bits per heavy atom. The Balaban J connectivity index is 4.41. The van der Waals surface area contributed by atoms with Crippen LogP contribution in [0.3, 0.4) is 0 Å². The van der Waals surface area contributed by atoms with Crippen molar-refractivity contribution >= 4 is 17.9 Å². The first-order valence-electron chi connectivity index (χ1n) is 26.2. The van der Waals surface area contributed by atoms with Gasteiger partial charge < -0.3 is 14.2 Å². The number of ether oxygens (including phenoxy) is 3. The molecule has 0 aromatic rings. The van der Waals surface area contributed by atoms with Crippen molar-refractivity contribution in [2.45, 2.75) is 239 Å². The fourth-order valence-electron chi connectivity index (χ4n) is 6.85. The zero-order chi connectivity index (χ0) is 46.5.